The van der Waals surface area contributed by atoms with E-state index < -0.39 is 15.8 Å². The number of halogens is 2. The number of nitrogen functional groups attached to an aromatic ring is 1. The van der Waals surface area contributed by atoms with Crippen molar-refractivity contribution in [1.29, 1.82) is 0 Å². The molecule has 2 aromatic carbocycles. The lowest BCUT2D eigenvalue weighted by Gasteiger charge is -2.09. The summed E-state index contributed by atoms with van der Waals surface area (Å²) in [5.74, 6) is -0.457. The first-order valence-corrected chi connectivity index (χ1v) is 7.96. The van der Waals surface area contributed by atoms with Crippen LogP contribution < -0.4 is 10.5 Å². The third kappa shape index (κ3) is 3.36. The number of nitrogens with one attached hydrogen (secondary N) is 1. The van der Waals surface area contributed by atoms with E-state index >= 15 is 0 Å². The van der Waals surface area contributed by atoms with Crippen molar-refractivity contribution in [2.24, 2.45) is 0 Å². The molecule has 0 unspecified atom stereocenters. The van der Waals surface area contributed by atoms with Crippen LogP contribution in [0.4, 0.5) is 10.1 Å². The van der Waals surface area contributed by atoms with Crippen LogP contribution in [0.3, 0.4) is 0 Å². The second kappa shape index (κ2) is 5.90. The maximum Gasteiger partial charge on any atom is 0.242 e. The molecule has 2 rings (SSSR count). The predicted octanol–water partition coefficient (Wildman–Crippen LogP) is 2.65. The van der Waals surface area contributed by atoms with E-state index in [2.05, 4.69) is 20.7 Å². The zero-order valence-electron chi connectivity index (χ0n) is 10.3. The molecule has 2 aromatic rings. The summed E-state index contributed by atoms with van der Waals surface area (Å²) in [5, 5.41) is 0. The first-order valence-electron chi connectivity index (χ1n) is 5.68. The van der Waals surface area contributed by atoms with E-state index in [4.69, 9.17) is 5.73 Å². The van der Waals surface area contributed by atoms with Crippen LogP contribution in [0.1, 0.15) is 5.56 Å². The Labute approximate surface area is 125 Å². The molecule has 0 aliphatic rings. The minimum atomic E-state index is -3.77. The molecule has 0 radical (unpaired) electrons. The Kier molecular flexibility index (Phi) is 4.42. The summed E-state index contributed by atoms with van der Waals surface area (Å²) in [7, 11) is -3.77. The van der Waals surface area contributed by atoms with E-state index in [0.717, 1.165) is 0 Å². The highest BCUT2D eigenvalue weighted by Gasteiger charge is 2.18. The van der Waals surface area contributed by atoms with Crippen molar-refractivity contribution in [1.82, 2.24) is 4.72 Å². The summed E-state index contributed by atoms with van der Waals surface area (Å²) in [6.45, 7) is -0.129. The quantitative estimate of drug-likeness (QED) is 0.825. The predicted molar refractivity (Wildman–Crippen MR) is 79.0 cm³/mol. The number of rotatable bonds is 4. The van der Waals surface area contributed by atoms with Crippen molar-refractivity contribution in [3.05, 3.63) is 58.3 Å². The summed E-state index contributed by atoms with van der Waals surface area (Å²) in [6, 6.07) is 10.5. The highest BCUT2D eigenvalue weighted by Crippen LogP contribution is 2.24. The first-order chi connectivity index (χ1) is 9.40. The normalized spacial score (nSPS) is 11.5. The Balaban J connectivity index is 2.24. The Hall–Kier alpha value is -1.44. The number of sulfonamides is 1. The lowest BCUT2D eigenvalue weighted by molar-refractivity contribution is 0.574. The van der Waals surface area contributed by atoms with Crippen LogP contribution in [0.5, 0.6) is 0 Å². The SMILES string of the molecule is Nc1ccc(Br)c(S(=O)(=O)NCc2ccccc2F)c1. The average Bonchev–Trinajstić information content (AvgIpc) is 2.40. The Bertz CT molecular complexity index is 735. The molecule has 4 nitrogen and oxygen atoms in total. The third-order valence-corrected chi connectivity index (χ3v) is 5.05. The summed E-state index contributed by atoms with van der Waals surface area (Å²) >= 11 is 3.16. The van der Waals surface area contributed by atoms with Gasteiger partial charge in [0.05, 0.1) is 4.90 Å². The Morgan fingerprint density at radius 1 is 1.20 bits per heavy atom. The van der Waals surface area contributed by atoms with Gasteiger partial charge in [-0.25, -0.2) is 17.5 Å². The van der Waals surface area contributed by atoms with E-state index in [0.29, 0.717) is 10.2 Å². The third-order valence-electron chi connectivity index (χ3n) is 2.66. The zero-order chi connectivity index (χ0) is 14.8. The molecule has 0 amide bonds. The number of hydrogen-bond acceptors (Lipinski definition) is 3. The Morgan fingerprint density at radius 3 is 2.60 bits per heavy atom. The molecule has 0 heterocycles. The zero-order valence-corrected chi connectivity index (χ0v) is 12.7. The van der Waals surface area contributed by atoms with Crippen LogP contribution in [0.25, 0.3) is 0 Å². The maximum atomic E-state index is 13.4. The van der Waals surface area contributed by atoms with Crippen LogP contribution in [-0.4, -0.2) is 8.42 Å². The van der Waals surface area contributed by atoms with Gasteiger partial charge in [-0.1, -0.05) is 18.2 Å². The van der Waals surface area contributed by atoms with Gasteiger partial charge in [-0.05, 0) is 40.2 Å². The summed E-state index contributed by atoms with van der Waals surface area (Å²) in [4.78, 5) is 0.0221. The Morgan fingerprint density at radius 2 is 1.90 bits per heavy atom. The van der Waals surface area contributed by atoms with Crippen LogP contribution in [0.2, 0.25) is 0 Å². The van der Waals surface area contributed by atoms with Gasteiger partial charge in [-0.15, -0.1) is 0 Å². The fraction of sp³-hybridized carbons (Fsp3) is 0.0769. The van der Waals surface area contributed by atoms with Crippen molar-refractivity contribution in [2.75, 3.05) is 5.73 Å². The monoisotopic (exact) mass is 358 g/mol. The molecule has 0 atom stereocenters. The first kappa shape index (κ1) is 15.0. The molecule has 0 bridgehead atoms. The van der Waals surface area contributed by atoms with Gasteiger partial charge in [0, 0.05) is 22.3 Å². The van der Waals surface area contributed by atoms with Crippen molar-refractivity contribution >= 4 is 31.6 Å². The molecule has 3 N–H and O–H groups in total. The maximum absolute atomic E-state index is 13.4. The fourth-order valence-corrected chi connectivity index (χ4v) is 3.62. The molecule has 0 aromatic heterocycles. The molecule has 0 aliphatic carbocycles. The molecule has 20 heavy (non-hydrogen) atoms. The molecule has 0 saturated carbocycles. The van der Waals surface area contributed by atoms with Gasteiger partial charge in [0.15, 0.2) is 0 Å². The molecular weight excluding hydrogens is 347 g/mol. The van der Waals surface area contributed by atoms with Gasteiger partial charge in [0.25, 0.3) is 0 Å². The van der Waals surface area contributed by atoms with Crippen molar-refractivity contribution in [3.8, 4) is 0 Å². The average molecular weight is 359 g/mol. The summed E-state index contributed by atoms with van der Waals surface area (Å²) in [5.41, 5.74) is 6.19. The smallest absolute Gasteiger partial charge is 0.242 e. The molecule has 0 aliphatic heterocycles. The van der Waals surface area contributed by atoms with Crippen LogP contribution in [-0.2, 0) is 16.6 Å². The minimum absolute atomic E-state index is 0.0221. The second-order valence-corrected chi connectivity index (χ2v) is 6.70. The molecular formula is C13H12BrFN2O2S. The number of anilines is 1. The largest absolute Gasteiger partial charge is 0.399 e. The fourth-order valence-electron chi connectivity index (χ4n) is 1.62. The van der Waals surface area contributed by atoms with E-state index in [-0.39, 0.29) is 17.0 Å². The molecule has 106 valence electrons. The summed E-state index contributed by atoms with van der Waals surface area (Å²) in [6.07, 6.45) is 0. The second-order valence-electron chi connectivity index (χ2n) is 4.11. The highest BCUT2D eigenvalue weighted by molar-refractivity contribution is 9.10. The van der Waals surface area contributed by atoms with Crippen molar-refractivity contribution < 1.29 is 12.8 Å². The highest BCUT2D eigenvalue weighted by atomic mass is 79.9. The number of hydrogen-bond donors (Lipinski definition) is 2. The minimum Gasteiger partial charge on any atom is -0.399 e. The van der Waals surface area contributed by atoms with Gasteiger partial charge in [0.1, 0.15) is 5.82 Å². The molecule has 0 saturated heterocycles. The van der Waals surface area contributed by atoms with Gasteiger partial charge in [-0.2, -0.15) is 0 Å². The standard InChI is InChI=1S/C13H12BrFN2O2S/c14-11-6-5-10(16)7-13(11)20(18,19)17-8-9-3-1-2-4-12(9)15/h1-7,17H,8,16H2. The molecule has 0 fully saturated rings. The number of benzene rings is 2. The molecule has 7 heteroatoms. The van der Waals surface area contributed by atoms with Crippen LogP contribution >= 0.6 is 15.9 Å². The van der Waals surface area contributed by atoms with Crippen molar-refractivity contribution in [2.45, 2.75) is 11.4 Å². The lowest BCUT2D eigenvalue weighted by atomic mass is 10.2. The van der Waals surface area contributed by atoms with Crippen LogP contribution in [0.15, 0.2) is 51.8 Å². The van der Waals surface area contributed by atoms with Gasteiger partial charge in [0.2, 0.25) is 10.0 Å². The van der Waals surface area contributed by atoms with E-state index in [1.54, 1.807) is 24.3 Å². The van der Waals surface area contributed by atoms with Crippen LogP contribution in [0, 0.1) is 5.82 Å². The van der Waals surface area contributed by atoms with Gasteiger partial charge < -0.3 is 5.73 Å². The van der Waals surface area contributed by atoms with E-state index in [9.17, 15) is 12.8 Å². The molecule has 0 spiro atoms. The van der Waals surface area contributed by atoms with Crippen molar-refractivity contribution in [3.63, 3.8) is 0 Å². The van der Waals surface area contributed by atoms with E-state index in [1.165, 1.54) is 18.2 Å². The van der Waals surface area contributed by atoms with E-state index in [1.807, 2.05) is 0 Å². The topological polar surface area (TPSA) is 72.2 Å². The lowest BCUT2D eigenvalue weighted by Crippen LogP contribution is -2.24. The number of nitrogens with two attached hydrogens (primary N) is 1. The van der Waals surface area contributed by atoms with Gasteiger partial charge in [-0.3, -0.25) is 0 Å². The summed E-state index contributed by atoms with van der Waals surface area (Å²) < 4.78 is 40.5. The van der Waals surface area contributed by atoms with Gasteiger partial charge >= 0.3 is 0 Å².